The van der Waals surface area contributed by atoms with Gasteiger partial charge in [0.05, 0.1) is 0 Å². The summed E-state index contributed by atoms with van der Waals surface area (Å²) in [4.78, 5) is 1.76. The molecule has 0 unspecified atom stereocenters. The molecule has 0 aliphatic heterocycles. The van der Waals surface area contributed by atoms with Gasteiger partial charge in [-0.3, -0.25) is 7.05 Å². The van der Waals surface area contributed by atoms with Crippen molar-refractivity contribution in [2.24, 2.45) is 0 Å². The molecule has 2 heteroatoms. The minimum absolute atomic E-state index is 0. The molecule has 0 rings (SSSR count). The Morgan fingerprint density at radius 2 is 1.83 bits per heavy atom. The fourth-order valence-corrected chi connectivity index (χ4v) is 0. The monoisotopic (exact) mass is 122 g/mol. The third kappa shape index (κ3) is 8.82. The first-order chi connectivity index (χ1) is 2.27. The van der Waals surface area contributed by atoms with Gasteiger partial charge in [-0.25, -0.2) is 0 Å². The molecule has 0 saturated heterocycles. The smallest absolute Gasteiger partial charge is 0.487 e. The van der Waals surface area contributed by atoms with E-state index < -0.39 is 0 Å². The third-order valence-electron chi connectivity index (χ3n) is 0.382. The van der Waals surface area contributed by atoms with Crippen LogP contribution in [0, 0.1) is 14.0 Å². The van der Waals surface area contributed by atoms with Gasteiger partial charge in [0, 0.05) is 0 Å². The molecule has 0 heterocycles. The van der Waals surface area contributed by atoms with E-state index in [1.165, 1.54) is 0 Å². The Labute approximate surface area is 51.6 Å². The first-order valence-electron chi connectivity index (χ1n) is 1.58. The molecule has 6 heavy (non-hydrogen) atoms. The van der Waals surface area contributed by atoms with Crippen molar-refractivity contribution in [1.82, 2.24) is 4.90 Å². The summed E-state index contributed by atoms with van der Waals surface area (Å²) < 4.78 is 0. The Balaban J connectivity index is 0. The molecular formula is C4H9NV. The number of hydrogen-bond acceptors (Lipinski definition) is 1. The summed E-state index contributed by atoms with van der Waals surface area (Å²) in [7, 11) is 5.41. The Kier molecular flexibility index (Phi) is 9.00. The molecule has 0 aromatic carbocycles. The van der Waals surface area contributed by atoms with E-state index in [0.29, 0.717) is 0 Å². The molecule has 0 saturated carbocycles. The zero-order valence-corrected chi connectivity index (χ0v) is 5.41. The van der Waals surface area contributed by atoms with E-state index in [2.05, 4.69) is 14.0 Å². The van der Waals surface area contributed by atoms with E-state index >= 15 is 0 Å². The molecule has 0 atom stereocenters. The number of nitrogens with zero attached hydrogens (tertiary/aromatic N) is 1. The van der Waals surface area contributed by atoms with Crippen LogP contribution in [0.15, 0.2) is 0 Å². The summed E-state index contributed by atoms with van der Waals surface area (Å²) in [6, 6.07) is 0. The van der Waals surface area contributed by atoms with Gasteiger partial charge < -0.3 is 11.8 Å². The van der Waals surface area contributed by atoms with Crippen LogP contribution in [0.3, 0.4) is 0 Å². The van der Waals surface area contributed by atoms with Crippen LogP contribution in [0.5, 0.6) is 0 Å². The fourth-order valence-electron chi connectivity index (χ4n) is 0. The molecule has 0 bridgehead atoms. The van der Waals surface area contributed by atoms with Gasteiger partial charge in [-0.2, -0.15) is 6.54 Å². The fraction of sp³-hybridized carbons (Fsp3) is 0.500. The first kappa shape index (κ1) is 9.74. The van der Waals surface area contributed by atoms with Gasteiger partial charge in [-0.15, -0.1) is 0 Å². The van der Waals surface area contributed by atoms with Gasteiger partial charge in [-0.1, -0.05) is 0 Å². The van der Waals surface area contributed by atoms with Crippen LogP contribution in [0.4, 0.5) is 0 Å². The molecule has 0 N–H and O–H groups in total. The average molecular weight is 122 g/mol. The summed E-state index contributed by atoms with van der Waals surface area (Å²) in [5.74, 6) is 0. The average Bonchev–Trinajstić information content (AvgIpc) is 1.38. The van der Waals surface area contributed by atoms with Gasteiger partial charge in [0.2, 0.25) is 0 Å². The van der Waals surface area contributed by atoms with Crippen LogP contribution in [0.25, 0.3) is 0 Å². The van der Waals surface area contributed by atoms with Crippen molar-refractivity contribution in [2.45, 2.75) is 0 Å². The van der Waals surface area contributed by atoms with Gasteiger partial charge in [0.25, 0.3) is 0 Å². The first-order valence-corrected chi connectivity index (χ1v) is 1.58. The molecule has 0 spiro atoms. The predicted octanol–water partition coefficient (Wildman–Crippen LogP) is 0.541. The zero-order valence-electron chi connectivity index (χ0n) is 4.02. The summed E-state index contributed by atoms with van der Waals surface area (Å²) in [5.41, 5.74) is 0. The Morgan fingerprint density at radius 3 is 1.83 bits per heavy atom. The van der Waals surface area contributed by atoms with Crippen molar-refractivity contribution in [1.29, 1.82) is 0 Å². The summed E-state index contributed by atoms with van der Waals surface area (Å²) in [6.45, 7) is 4.33. The second-order valence-corrected chi connectivity index (χ2v) is 1.08. The molecule has 0 amide bonds. The van der Waals surface area contributed by atoms with Crippen molar-refractivity contribution in [2.75, 3.05) is 13.6 Å². The van der Waals surface area contributed by atoms with E-state index in [1.807, 2.05) is 7.05 Å². The zero-order chi connectivity index (χ0) is 4.28. The van der Waals surface area contributed by atoms with Gasteiger partial charge in [0.1, 0.15) is 0 Å². The predicted molar refractivity (Wildman–Crippen MR) is 23.3 cm³/mol. The van der Waals surface area contributed by atoms with Crippen LogP contribution in [0.1, 0.15) is 0 Å². The Hall–Kier alpha value is 0.544. The van der Waals surface area contributed by atoms with E-state index in [4.69, 9.17) is 0 Å². The van der Waals surface area contributed by atoms with E-state index in [1.54, 1.807) is 4.90 Å². The van der Waals surface area contributed by atoms with Crippen LogP contribution >= 0.6 is 0 Å². The van der Waals surface area contributed by atoms with Crippen molar-refractivity contribution >= 4 is 0 Å². The molecular weight excluding hydrogens is 113 g/mol. The topological polar surface area (TPSA) is 3.24 Å². The molecule has 35 valence electrons. The number of rotatable bonds is 1. The van der Waals surface area contributed by atoms with E-state index in [-0.39, 0.29) is 18.6 Å². The van der Waals surface area contributed by atoms with E-state index in [9.17, 15) is 0 Å². The maximum atomic E-state index is 3.55. The standard InChI is InChI=1S/C4H9N.V/c1-4-5(2)3;/h1-2,4H2,3H3;/q-2;+2. The van der Waals surface area contributed by atoms with Crippen LogP contribution in [-0.2, 0) is 18.6 Å². The van der Waals surface area contributed by atoms with Gasteiger partial charge in [0.15, 0.2) is 0 Å². The molecule has 0 aromatic heterocycles. The van der Waals surface area contributed by atoms with E-state index in [0.717, 1.165) is 6.54 Å². The SMILES string of the molecule is [CH2-]CN([CH2-])C.[V+2]. The Morgan fingerprint density at radius 1 is 1.67 bits per heavy atom. The largest absolute Gasteiger partial charge is 2.00 e. The van der Waals surface area contributed by atoms with Crippen LogP contribution in [-0.4, -0.2) is 18.5 Å². The minimum atomic E-state index is 0. The van der Waals surface area contributed by atoms with Gasteiger partial charge >= 0.3 is 18.6 Å². The number of hydrogen-bond donors (Lipinski definition) is 0. The summed E-state index contributed by atoms with van der Waals surface area (Å²) >= 11 is 0. The van der Waals surface area contributed by atoms with Crippen molar-refractivity contribution in [3.05, 3.63) is 14.0 Å². The maximum Gasteiger partial charge on any atom is 2.00 e. The molecule has 1 nitrogen and oxygen atoms in total. The van der Waals surface area contributed by atoms with Crippen LogP contribution in [0.2, 0.25) is 0 Å². The van der Waals surface area contributed by atoms with Crippen LogP contribution < -0.4 is 0 Å². The maximum absolute atomic E-state index is 3.55. The van der Waals surface area contributed by atoms with Crippen molar-refractivity contribution in [3.8, 4) is 0 Å². The third-order valence-corrected chi connectivity index (χ3v) is 0.382. The molecule has 0 aromatic rings. The van der Waals surface area contributed by atoms with Crippen molar-refractivity contribution in [3.63, 3.8) is 0 Å². The second-order valence-electron chi connectivity index (χ2n) is 1.08. The minimum Gasteiger partial charge on any atom is -0.487 e. The summed E-state index contributed by atoms with van der Waals surface area (Å²) in [5, 5.41) is 0. The molecule has 0 aliphatic rings. The second kappa shape index (κ2) is 5.54. The molecule has 0 aliphatic carbocycles. The molecule has 1 radical (unpaired) electrons. The van der Waals surface area contributed by atoms with Gasteiger partial charge in [-0.05, 0) is 7.05 Å². The normalized spacial score (nSPS) is 8.00. The van der Waals surface area contributed by atoms with Crippen molar-refractivity contribution < 1.29 is 18.6 Å². The summed E-state index contributed by atoms with van der Waals surface area (Å²) in [6.07, 6.45) is 0. The molecule has 0 fully saturated rings. The Bertz CT molecular complexity index is 21.5. The quantitative estimate of drug-likeness (QED) is 0.459.